The van der Waals surface area contributed by atoms with Crippen molar-refractivity contribution >= 4 is 39.8 Å². The topological polar surface area (TPSA) is 81.4 Å². The Labute approximate surface area is 202 Å². The highest BCUT2D eigenvalue weighted by Gasteiger charge is 2.29. The average Bonchev–Trinajstić information content (AvgIpc) is 3.33. The molecule has 0 unspecified atom stereocenters. The number of nitrogens with zero attached hydrogens (tertiary/aromatic N) is 1. The number of nitrogens with one attached hydrogen (secondary N) is 1. The van der Waals surface area contributed by atoms with E-state index in [1.165, 1.54) is 56.5 Å². The molecule has 174 valence electrons. The predicted molar refractivity (Wildman–Crippen MR) is 125 cm³/mol. The van der Waals surface area contributed by atoms with Crippen LogP contribution in [0, 0.1) is 25.5 Å². The lowest BCUT2D eigenvalue weighted by Crippen LogP contribution is -2.15. The molecule has 34 heavy (non-hydrogen) atoms. The number of hydrogen-bond donors (Lipinski definition) is 1. The summed E-state index contributed by atoms with van der Waals surface area (Å²) in [6.07, 6.45) is 0. The molecule has 2 heterocycles. The van der Waals surface area contributed by atoms with E-state index in [1.807, 2.05) is 0 Å². The van der Waals surface area contributed by atoms with Crippen molar-refractivity contribution in [3.8, 4) is 22.4 Å². The fraction of sp³-hybridized carbons (Fsp3) is 0.125. The van der Waals surface area contributed by atoms with Gasteiger partial charge in [0.1, 0.15) is 39.2 Å². The van der Waals surface area contributed by atoms with Gasteiger partial charge in [0.05, 0.1) is 17.7 Å². The predicted octanol–water partition coefficient (Wildman–Crippen LogP) is 6.66. The lowest BCUT2D eigenvalue weighted by Gasteiger charge is -2.09. The van der Waals surface area contributed by atoms with Crippen LogP contribution in [0.4, 0.5) is 13.8 Å². The second-order valence-electron chi connectivity index (χ2n) is 7.25. The standard InChI is InChI=1S/C24H17ClF2N2O4S/c1-11-17(21(29-33-11)19-15(25)5-4-6-16(19)27)22(30)28-23-20(24(31)32-3)18(12(2)34-23)13-7-9-14(26)10-8-13/h4-10H,1-3H3,(H,28,30). The summed E-state index contributed by atoms with van der Waals surface area (Å²) in [6, 6.07) is 9.71. The summed E-state index contributed by atoms with van der Waals surface area (Å²) in [7, 11) is 1.22. The van der Waals surface area contributed by atoms with Crippen molar-refractivity contribution in [1.29, 1.82) is 0 Å². The van der Waals surface area contributed by atoms with Crippen molar-refractivity contribution in [3.05, 3.63) is 80.9 Å². The van der Waals surface area contributed by atoms with Crippen LogP contribution in [0.1, 0.15) is 31.4 Å². The van der Waals surface area contributed by atoms with Crippen LogP contribution >= 0.6 is 22.9 Å². The van der Waals surface area contributed by atoms with Crippen molar-refractivity contribution < 1.29 is 27.6 Å². The molecule has 4 rings (SSSR count). The Morgan fingerprint density at radius 1 is 1.06 bits per heavy atom. The summed E-state index contributed by atoms with van der Waals surface area (Å²) < 4.78 is 38.1. The molecule has 0 aliphatic heterocycles. The van der Waals surface area contributed by atoms with Gasteiger partial charge in [-0.3, -0.25) is 4.79 Å². The Bertz CT molecular complexity index is 1390. The maximum Gasteiger partial charge on any atom is 0.341 e. The minimum atomic E-state index is -0.682. The maximum atomic E-state index is 14.5. The van der Waals surface area contributed by atoms with Gasteiger partial charge in [0.2, 0.25) is 0 Å². The fourth-order valence-electron chi connectivity index (χ4n) is 3.59. The van der Waals surface area contributed by atoms with Gasteiger partial charge in [-0.15, -0.1) is 11.3 Å². The number of benzene rings is 2. The molecule has 0 radical (unpaired) electrons. The van der Waals surface area contributed by atoms with E-state index in [4.69, 9.17) is 20.9 Å². The van der Waals surface area contributed by atoms with E-state index in [9.17, 15) is 18.4 Å². The highest BCUT2D eigenvalue weighted by atomic mass is 35.5. The number of amides is 1. The molecule has 6 nitrogen and oxygen atoms in total. The second kappa shape index (κ2) is 9.36. The van der Waals surface area contributed by atoms with Crippen LogP contribution in [0.25, 0.3) is 22.4 Å². The van der Waals surface area contributed by atoms with Crippen molar-refractivity contribution in [2.45, 2.75) is 13.8 Å². The Hall–Kier alpha value is -3.56. The lowest BCUT2D eigenvalue weighted by atomic mass is 10.0. The van der Waals surface area contributed by atoms with E-state index in [0.717, 1.165) is 11.3 Å². The van der Waals surface area contributed by atoms with Gasteiger partial charge in [-0.25, -0.2) is 13.6 Å². The van der Waals surface area contributed by atoms with Crippen molar-refractivity contribution in [3.63, 3.8) is 0 Å². The van der Waals surface area contributed by atoms with Gasteiger partial charge in [0, 0.05) is 10.4 Å². The first-order chi connectivity index (χ1) is 16.2. The normalized spacial score (nSPS) is 10.9. The van der Waals surface area contributed by atoms with Crippen LogP contribution in [-0.2, 0) is 4.74 Å². The van der Waals surface area contributed by atoms with Crippen LogP contribution in [0.5, 0.6) is 0 Å². The molecule has 0 bridgehead atoms. The smallest absolute Gasteiger partial charge is 0.341 e. The first kappa shape index (κ1) is 23.6. The Morgan fingerprint density at radius 2 is 1.76 bits per heavy atom. The van der Waals surface area contributed by atoms with Crippen LogP contribution in [0.3, 0.4) is 0 Å². The quantitative estimate of drug-likeness (QED) is 0.309. The third-order valence-electron chi connectivity index (χ3n) is 5.12. The zero-order chi connectivity index (χ0) is 24.6. The summed E-state index contributed by atoms with van der Waals surface area (Å²) >= 11 is 7.31. The number of aryl methyl sites for hydroxylation is 2. The number of ether oxygens (including phenoxy) is 1. The SMILES string of the molecule is COC(=O)c1c(NC(=O)c2c(-c3c(F)cccc3Cl)noc2C)sc(C)c1-c1ccc(F)cc1. The molecule has 0 aliphatic carbocycles. The third kappa shape index (κ3) is 4.20. The molecule has 10 heteroatoms. The van der Waals surface area contributed by atoms with E-state index >= 15 is 0 Å². The highest BCUT2D eigenvalue weighted by molar-refractivity contribution is 7.17. The summed E-state index contributed by atoms with van der Waals surface area (Å²) in [5.74, 6) is -2.32. The number of hydrogen-bond acceptors (Lipinski definition) is 6. The molecule has 0 spiro atoms. The lowest BCUT2D eigenvalue weighted by molar-refractivity contribution is 0.0603. The van der Waals surface area contributed by atoms with E-state index in [0.29, 0.717) is 16.0 Å². The molecule has 2 aromatic heterocycles. The van der Waals surface area contributed by atoms with Crippen LogP contribution in [0.15, 0.2) is 47.0 Å². The zero-order valence-electron chi connectivity index (χ0n) is 18.2. The van der Waals surface area contributed by atoms with Crippen LogP contribution in [-0.4, -0.2) is 24.1 Å². The Morgan fingerprint density at radius 3 is 2.41 bits per heavy atom. The van der Waals surface area contributed by atoms with Crippen LogP contribution in [0.2, 0.25) is 5.02 Å². The summed E-state index contributed by atoms with van der Waals surface area (Å²) in [5, 5.41) is 6.80. The first-order valence-electron chi connectivity index (χ1n) is 9.92. The number of anilines is 1. The minimum Gasteiger partial charge on any atom is -0.465 e. The first-order valence-corrected chi connectivity index (χ1v) is 11.1. The van der Waals surface area contributed by atoms with Gasteiger partial charge in [-0.2, -0.15) is 0 Å². The van der Waals surface area contributed by atoms with Crippen molar-refractivity contribution in [2.75, 3.05) is 12.4 Å². The van der Waals surface area contributed by atoms with Crippen LogP contribution < -0.4 is 5.32 Å². The molecule has 0 fully saturated rings. The molecular weight excluding hydrogens is 486 g/mol. The Kier molecular flexibility index (Phi) is 6.49. The van der Waals surface area contributed by atoms with Gasteiger partial charge in [0.25, 0.3) is 5.91 Å². The molecule has 0 aliphatic rings. The summed E-state index contributed by atoms with van der Waals surface area (Å²) in [6.45, 7) is 3.27. The van der Waals surface area contributed by atoms with Gasteiger partial charge in [-0.1, -0.05) is 35.0 Å². The molecule has 0 saturated heterocycles. The van der Waals surface area contributed by atoms with E-state index in [2.05, 4.69) is 10.5 Å². The molecule has 1 amide bonds. The van der Waals surface area contributed by atoms with Crippen molar-refractivity contribution in [2.24, 2.45) is 0 Å². The van der Waals surface area contributed by atoms with Gasteiger partial charge < -0.3 is 14.6 Å². The Balaban J connectivity index is 1.80. The number of rotatable bonds is 5. The average molecular weight is 503 g/mol. The molecule has 1 N–H and O–H groups in total. The monoisotopic (exact) mass is 502 g/mol. The second-order valence-corrected chi connectivity index (χ2v) is 8.88. The third-order valence-corrected chi connectivity index (χ3v) is 6.46. The largest absolute Gasteiger partial charge is 0.465 e. The van der Waals surface area contributed by atoms with Gasteiger partial charge in [0.15, 0.2) is 0 Å². The number of aromatic nitrogens is 1. The summed E-state index contributed by atoms with van der Waals surface area (Å²) in [4.78, 5) is 26.7. The molecule has 4 aromatic rings. The van der Waals surface area contributed by atoms with Gasteiger partial charge in [-0.05, 0) is 43.7 Å². The molecule has 2 aromatic carbocycles. The number of carbonyl (C=O) groups is 2. The minimum absolute atomic E-state index is 0.0304. The van der Waals surface area contributed by atoms with Gasteiger partial charge >= 0.3 is 5.97 Å². The number of carbonyl (C=O) groups excluding carboxylic acids is 2. The van der Waals surface area contributed by atoms with Crippen molar-refractivity contribution in [1.82, 2.24) is 5.16 Å². The molecular formula is C24H17ClF2N2O4S. The number of halogens is 3. The maximum absolute atomic E-state index is 14.5. The molecule has 0 atom stereocenters. The summed E-state index contributed by atoms with van der Waals surface area (Å²) in [5.41, 5.74) is 1.03. The number of esters is 1. The number of methoxy groups -OCH3 is 1. The fourth-order valence-corrected chi connectivity index (χ4v) is 4.91. The van der Waals surface area contributed by atoms with E-state index in [-0.39, 0.29) is 38.2 Å². The zero-order valence-corrected chi connectivity index (χ0v) is 19.7. The molecule has 0 saturated carbocycles. The van der Waals surface area contributed by atoms with E-state index in [1.54, 1.807) is 6.92 Å². The number of thiophene rings is 1. The van der Waals surface area contributed by atoms with E-state index < -0.39 is 23.5 Å². The highest BCUT2D eigenvalue weighted by Crippen LogP contribution is 2.41.